The van der Waals surface area contributed by atoms with Gasteiger partial charge in [0, 0.05) is 43.5 Å². The summed E-state index contributed by atoms with van der Waals surface area (Å²) in [6, 6.07) is 0.00826. The summed E-state index contributed by atoms with van der Waals surface area (Å²) in [6.07, 6.45) is 2.75. The lowest BCUT2D eigenvalue weighted by Gasteiger charge is -2.34. The first-order chi connectivity index (χ1) is 12.8. The average Bonchev–Trinajstić information content (AvgIpc) is 3.44. The van der Waals surface area contributed by atoms with Crippen LogP contribution < -0.4 is 15.6 Å². The molecule has 1 aromatic heterocycles. The minimum absolute atomic E-state index is 0.00455. The third-order valence-electron chi connectivity index (χ3n) is 5.42. The number of pyridine rings is 1. The van der Waals surface area contributed by atoms with E-state index in [1.54, 1.807) is 4.90 Å². The maximum atomic E-state index is 15.6. The zero-order chi connectivity index (χ0) is 19.5. The van der Waals surface area contributed by atoms with E-state index in [2.05, 4.69) is 5.32 Å². The number of aromatic carboxylic acids is 1. The summed E-state index contributed by atoms with van der Waals surface area (Å²) in [6.45, 7) is 4.85. The Balaban J connectivity index is 2.06. The summed E-state index contributed by atoms with van der Waals surface area (Å²) in [4.78, 5) is 25.8. The van der Waals surface area contributed by atoms with Crippen LogP contribution in [0.3, 0.4) is 0 Å². The first-order valence-corrected chi connectivity index (χ1v) is 9.09. The second kappa shape index (κ2) is 6.30. The fourth-order valence-corrected chi connectivity index (χ4v) is 3.91. The molecule has 0 spiro atoms. The molecule has 1 saturated carbocycles. The molecule has 2 heterocycles. The van der Waals surface area contributed by atoms with Gasteiger partial charge >= 0.3 is 5.97 Å². The van der Waals surface area contributed by atoms with Gasteiger partial charge in [0.25, 0.3) is 0 Å². The molecule has 1 aromatic carbocycles. The molecular weight excluding hydrogens is 356 g/mol. The van der Waals surface area contributed by atoms with Gasteiger partial charge in [-0.25, -0.2) is 13.6 Å². The molecular formula is C19H21F2N3O3. The van der Waals surface area contributed by atoms with E-state index in [0.717, 1.165) is 12.8 Å². The summed E-state index contributed by atoms with van der Waals surface area (Å²) in [5, 5.41) is 12.4. The number of carboxylic acids is 1. The fraction of sp³-hybridized carbons (Fsp3) is 0.474. The van der Waals surface area contributed by atoms with Gasteiger partial charge in [0.2, 0.25) is 5.43 Å². The van der Waals surface area contributed by atoms with Crippen molar-refractivity contribution in [1.82, 2.24) is 9.88 Å². The van der Waals surface area contributed by atoms with E-state index in [0.29, 0.717) is 19.6 Å². The van der Waals surface area contributed by atoms with Crippen molar-refractivity contribution in [2.45, 2.75) is 38.8 Å². The van der Waals surface area contributed by atoms with Gasteiger partial charge in [-0.15, -0.1) is 0 Å². The number of aryl methyl sites for hydroxylation is 1. The maximum absolute atomic E-state index is 15.6. The van der Waals surface area contributed by atoms with E-state index in [1.807, 2.05) is 6.92 Å². The Labute approximate surface area is 154 Å². The molecule has 1 saturated heterocycles. The minimum Gasteiger partial charge on any atom is -0.477 e. The molecule has 6 nitrogen and oxygen atoms in total. The monoisotopic (exact) mass is 377 g/mol. The number of rotatable bonds is 3. The molecule has 1 aliphatic carbocycles. The lowest BCUT2D eigenvalue weighted by molar-refractivity contribution is 0.0695. The number of hydrogen-bond acceptors (Lipinski definition) is 4. The quantitative estimate of drug-likeness (QED) is 0.859. The van der Waals surface area contributed by atoms with Crippen molar-refractivity contribution in [2.24, 2.45) is 0 Å². The largest absolute Gasteiger partial charge is 0.477 e. The highest BCUT2D eigenvalue weighted by molar-refractivity contribution is 5.95. The Morgan fingerprint density at radius 1 is 1.30 bits per heavy atom. The predicted molar refractivity (Wildman–Crippen MR) is 97.8 cm³/mol. The number of carboxylic acid groups (broad SMARTS) is 1. The normalized spacial score (nSPS) is 20.3. The molecule has 0 radical (unpaired) electrons. The first-order valence-electron chi connectivity index (χ1n) is 9.09. The van der Waals surface area contributed by atoms with Gasteiger partial charge in [0.1, 0.15) is 11.3 Å². The highest BCUT2D eigenvalue weighted by atomic mass is 19.1. The Morgan fingerprint density at radius 2 is 2.00 bits per heavy atom. The number of piperazine rings is 1. The van der Waals surface area contributed by atoms with Gasteiger partial charge < -0.3 is 19.9 Å². The van der Waals surface area contributed by atoms with Crippen LogP contribution in [-0.2, 0) is 0 Å². The molecule has 4 rings (SSSR count). The van der Waals surface area contributed by atoms with Crippen LogP contribution in [0.15, 0.2) is 11.0 Å². The van der Waals surface area contributed by atoms with Crippen LogP contribution >= 0.6 is 0 Å². The number of carbonyl (C=O) groups is 1. The van der Waals surface area contributed by atoms with Crippen LogP contribution in [0.1, 0.15) is 41.7 Å². The molecule has 1 unspecified atom stereocenters. The molecule has 27 heavy (non-hydrogen) atoms. The van der Waals surface area contributed by atoms with Crippen molar-refractivity contribution < 1.29 is 18.7 Å². The van der Waals surface area contributed by atoms with Crippen molar-refractivity contribution in [1.29, 1.82) is 0 Å². The van der Waals surface area contributed by atoms with Crippen LogP contribution in [0.25, 0.3) is 10.9 Å². The van der Waals surface area contributed by atoms with Crippen LogP contribution in [0.2, 0.25) is 0 Å². The third-order valence-corrected chi connectivity index (χ3v) is 5.42. The minimum atomic E-state index is -1.39. The topological polar surface area (TPSA) is 74.6 Å². The molecule has 1 aliphatic heterocycles. The van der Waals surface area contributed by atoms with E-state index < -0.39 is 28.6 Å². The van der Waals surface area contributed by atoms with Crippen LogP contribution in [0.4, 0.5) is 14.5 Å². The summed E-state index contributed by atoms with van der Waals surface area (Å²) in [5.74, 6) is -2.98. The van der Waals surface area contributed by atoms with Gasteiger partial charge in [-0.3, -0.25) is 4.79 Å². The van der Waals surface area contributed by atoms with Gasteiger partial charge in [-0.1, -0.05) is 0 Å². The molecule has 2 N–H and O–H groups in total. The van der Waals surface area contributed by atoms with Crippen LogP contribution in [0.5, 0.6) is 0 Å². The van der Waals surface area contributed by atoms with Crippen molar-refractivity contribution in [2.75, 3.05) is 24.5 Å². The van der Waals surface area contributed by atoms with E-state index in [4.69, 9.17) is 0 Å². The smallest absolute Gasteiger partial charge is 0.341 e. The summed E-state index contributed by atoms with van der Waals surface area (Å²) in [7, 11) is 0. The van der Waals surface area contributed by atoms with E-state index in [-0.39, 0.29) is 34.2 Å². The Bertz CT molecular complexity index is 1010. The summed E-state index contributed by atoms with van der Waals surface area (Å²) in [5.41, 5.74) is -1.43. The Kier molecular flexibility index (Phi) is 4.18. The molecule has 2 aliphatic rings. The molecule has 2 aromatic rings. The molecule has 144 valence electrons. The molecule has 2 fully saturated rings. The molecule has 0 amide bonds. The number of nitrogens with one attached hydrogen (secondary N) is 1. The average molecular weight is 377 g/mol. The number of aromatic nitrogens is 1. The van der Waals surface area contributed by atoms with Crippen molar-refractivity contribution in [3.63, 3.8) is 0 Å². The van der Waals surface area contributed by atoms with E-state index in [1.165, 1.54) is 17.7 Å². The predicted octanol–water partition coefficient (Wildman–Crippen LogP) is 2.42. The van der Waals surface area contributed by atoms with Gasteiger partial charge in [-0.2, -0.15) is 0 Å². The van der Waals surface area contributed by atoms with Crippen LogP contribution in [-0.4, -0.2) is 41.3 Å². The lowest BCUT2D eigenvalue weighted by Crippen LogP contribution is -2.50. The second-order valence-electron chi connectivity index (χ2n) is 7.44. The number of anilines is 1. The first kappa shape index (κ1) is 17.9. The van der Waals surface area contributed by atoms with Crippen molar-refractivity contribution in [3.05, 3.63) is 39.2 Å². The van der Waals surface area contributed by atoms with Crippen LogP contribution in [0, 0.1) is 18.6 Å². The summed E-state index contributed by atoms with van der Waals surface area (Å²) < 4.78 is 32.3. The van der Waals surface area contributed by atoms with Gasteiger partial charge in [0.05, 0.1) is 10.9 Å². The number of nitrogens with zero attached hydrogens (tertiary/aromatic N) is 2. The Hall–Kier alpha value is -2.48. The third kappa shape index (κ3) is 2.79. The SMILES string of the molecule is Cc1c(F)c(N2CCNC(C)C2)c(F)c2c1c(=O)c(C(=O)O)cn2C1CC1. The van der Waals surface area contributed by atoms with Crippen molar-refractivity contribution in [3.8, 4) is 0 Å². The Morgan fingerprint density at radius 3 is 2.59 bits per heavy atom. The number of halogens is 2. The highest BCUT2D eigenvalue weighted by Gasteiger charge is 2.33. The fourth-order valence-electron chi connectivity index (χ4n) is 3.91. The highest BCUT2D eigenvalue weighted by Crippen LogP contribution is 2.40. The van der Waals surface area contributed by atoms with E-state index >= 15 is 8.78 Å². The molecule has 8 heteroatoms. The zero-order valence-corrected chi connectivity index (χ0v) is 15.2. The maximum Gasteiger partial charge on any atom is 0.341 e. The molecule has 0 bridgehead atoms. The molecule has 1 atom stereocenters. The second-order valence-corrected chi connectivity index (χ2v) is 7.44. The number of fused-ring (bicyclic) bond motifs is 1. The number of hydrogen-bond donors (Lipinski definition) is 2. The zero-order valence-electron chi connectivity index (χ0n) is 15.2. The van der Waals surface area contributed by atoms with Gasteiger partial charge in [0.15, 0.2) is 11.6 Å². The van der Waals surface area contributed by atoms with Crippen molar-refractivity contribution >= 4 is 22.6 Å². The lowest BCUT2D eigenvalue weighted by atomic mass is 10.0. The summed E-state index contributed by atoms with van der Waals surface area (Å²) >= 11 is 0. The van der Waals surface area contributed by atoms with E-state index in [9.17, 15) is 14.7 Å². The standard InChI is InChI=1S/C19H21F2N3O3/c1-9-7-23(6-5-22-9)17-14(20)10(2)13-16(15(17)21)24(11-3-4-11)8-12(18(13)25)19(26)27/h8-9,11,22H,3-7H2,1-2H3,(H,26,27). The number of benzene rings is 1. The van der Waals surface area contributed by atoms with Gasteiger partial charge in [-0.05, 0) is 26.7 Å².